The Labute approximate surface area is 123 Å². The summed E-state index contributed by atoms with van der Waals surface area (Å²) in [4.78, 5) is 0. The molecule has 1 aliphatic rings. The van der Waals surface area contributed by atoms with Crippen LogP contribution in [0.1, 0.15) is 43.8 Å². The normalized spacial score (nSPS) is 19.1. The highest BCUT2D eigenvalue weighted by molar-refractivity contribution is 7.93. The van der Waals surface area contributed by atoms with E-state index in [0.29, 0.717) is 5.75 Å². The minimum Gasteiger partial charge on any atom is -0.386 e. The molecule has 0 bridgehead atoms. The van der Waals surface area contributed by atoms with Gasteiger partial charge in [0.2, 0.25) is 0 Å². The zero-order chi connectivity index (χ0) is 14.4. The lowest BCUT2D eigenvalue weighted by Gasteiger charge is -2.36. The fraction of sp³-hybridized carbons (Fsp3) is 0.600. The molecular formula is C15H22FNO2S. The van der Waals surface area contributed by atoms with E-state index < -0.39 is 6.10 Å². The van der Waals surface area contributed by atoms with Crippen molar-refractivity contribution in [1.82, 2.24) is 5.32 Å². The Balaban J connectivity index is 2.04. The van der Waals surface area contributed by atoms with Crippen LogP contribution in [0.3, 0.4) is 0 Å². The zero-order valence-corrected chi connectivity index (χ0v) is 12.3. The molecule has 1 fully saturated rings. The summed E-state index contributed by atoms with van der Waals surface area (Å²) in [5.41, 5.74) is 0.454. The van der Waals surface area contributed by atoms with Gasteiger partial charge in [-0.1, -0.05) is 25.0 Å². The molecule has 2 rings (SSSR count). The van der Waals surface area contributed by atoms with Crippen molar-refractivity contribution in [1.29, 1.82) is 0 Å². The van der Waals surface area contributed by atoms with Gasteiger partial charge in [-0.15, -0.1) is 0 Å². The summed E-state index contributed by atoms with van der Waals surface area (Å²) in [6.45, 7) is 0.770. The minimum absolute atomic E-state index is 0.283. The molecule has 112 valence electrons. The van der Waals surface area contributed by atoms with Gasteiger partial charge in [0.05, 0.1) is 6.10 Å². The van der Waals surface area contributed by atoms with Crippen LogP contribution in [0.2, 0.25) is 0 Å². The molecule has 0 saturated heterocycles. The summed E-state index contributed by atoms with van der Waals surface area (Å²) in [7, 11) is 0. The molecule has 0 aromatic heterocycles. The first-order valence-electron chi connectivity index (χ1n) is 7.13. The van der Waals surface area contributed by atoms with Crippen molar-refractivity contribution in [2.75, 3.05) is 12.3 Å². The summed E-state index contributed by atoms with van der Waals surface area (Å²) in [6, 6.07) is 6.10. The van der Waals surface area contributed by atoms with E-state index >= 15 is 0 Å². The van der Waals surface area contributed by atoms with Crippen molar-refractivity contribution in [3.8, 4) is 0 Å². The summed E-state index contributed by atoms with van der Waals surface area (Å²) in [5.74, 6) is 0.407. The maximum atomic E-state index is 13.0. The fourth-order valence-corrected chi connectivity index (χ4v) is 3.26. The van der Waals surface area contributed by atoms with Crippen LogP contribution in [0.25, 0.3) is 0 Å². The molecule has 1 unspecified atom stereocenters. The molecule has 0 heterocycles. The van der Waals surface area contributed by atoms with Crippen LogP contribution in [0.5, 0.6) is 0 Å². The number of rotatable bonds is 7. The van der Waals surface area contributed by atoms with Crippen LogP contribution in [0.15, 0.2) is 24.3 Å². The molecule has 0 aliphatic heterocycles. The van der Waals surface area contributed by atoms with E-state index in [4.69, 9.17) is 4.55 Å². The van der Waals surface area contributed by atoms with Gasteiger partial charge in [-0.2, -0.15) is 0 Å². The molecule has 3 N–H and O–H groups in total. The van der Waals surface area contributed by atoms with Gasteiger partial charge in [-0.25, -0.2) is 4.39 Å². The van der Waals surface area contributed by atoms with Crippen LogP contribution < -0.4 is 5.32 Å². The quantitative estimate of drug-likeness (QED) is 0.534. The molecule has 0 amide bonds. The van der Waals surface area contributed by atoms with Gasteiger partial charge in [-0.3, -0.25) is 0 Å². The lowest BCUT2D eigenvalue weighted by molar-refractivity contribution is 0.0616. The standard InChI is InChI=1S/C15H22FNO2S/c16-13-6-4-12(5-7-13)14(18)15(8-1-2-9-15)17-10-3-11-20-19/h4-7,14,17-19H,1-3,8-11H2. The van der Waals surface area contributed by atoms with Gasteiger partial charge in [0, 0.05) is 11.3 Å². The number of hydrogen-bond donors (Lipinski definition) is 3. The summed E-state index contributed by atoms with van der Waals surface area (Å²) < 4.78 is 21.7. The number of aliphatic hydroxyl groups excluding tert-OH is 1. The van der Waals surface area contributed by atoms with Gasteiger partial charge >= 0.3 is 0 Å². The molecule has 5 heteroatoms. The van der Waals surface area contributed by atoms with Crippen LogP contribution in [-0.4, -0.2) is 27.5 Å². The van der Waals surface area contributed by atoms with Crippen molar-refractivity contribution < 1.29 is 14.0 Å². The topological polar surface area (TPSA) is 52.5 Å². The fourth-order valence-electron chi connectivity index (χ4n) is 2.99. The average Bonchev–Trinajstić information content (AvgIpc) is 2.94. The van der Waals surface area contributed by atoms with Gasteiger partial charge in [-0.05, 0) is 55.5 Å². The Kier molecular flexibility index (Phi) is 5.84. The highest BCUT2D eigenvalue weighted by atomic mass is 32.2. The van der Waals surface area contributed by atoms with Gasteiger partial charge < -0.3 is 15.0 Å². The third-order valence-corrected chi connectivity index (χ3v) is 4.57. The summed E-state index contributed by atoms with van der Waals surface area (Å²) in [6.07, 6.45) is 4.29. The van der Waals surface area contributed by atoms with Crippen molar-refractivity contribution in [2.45, 2.75) is 43.7 Å². The van der Waals surface area contributed by atoms with Crippen LogP contribution in [0, 0.1) is 5.82 Å². The monoisotopic (exact) mass is 299 g/mol. The van der Waals surface area contributed by atoms with Gasteiger partial charge in [0.1, 0.15) is 5.82 Å². The number of hydrogen-bond acceptors (Lipinski definition) is 4. The largest absolute Gasteiger partial charge is 0.386 e. The molecule has 1 aromatic rings. The Hall–Kier alpha value is -0.620. The molecule has 1 aliphatic carbocycles. The molecule has 1 saturated carbocycles. The van der Waals surface area contributed by atoms with Crippen LogP contribution in [0.4, 0.5) is 4.39 Å². The molecule has 20 heavy (non-hydrogen) atoms. The number of nitrogens with one attached hydrogen (secondary N) is 1. The molecule has 3 nitrogen and oxygen atoms in total. The highest BCUT2D eigenvalue weighted by Gasteiger charge is 2.40. The van der Waals surface area contributed by atoms with Crippen molar-refractivity contribution in [3.63, 3.8) is 0 Å². The predicted molar refractivity (Wildman–Crippen MR) is 80.3 cm³/mol. The third-order valence-electron chi connectivity index (χ3n) is 4.09. The third kappa shape index (κ3) is 3.73. The SMILES string of the molecule is OSCCCNC1(C(O)c2ccc(F)cc2)CCCC1. The van der Waals surface area contributed by atoms with E-state index in [0.717, 1.165) is 56.3 Å². The highest BCUT2D eigenvalue weighted by Crippen LogP contribution is 2.39. The average molecular weight is 299 g/mol. The first-order valence-corrected chi connectivity index (χ1v) is 8.07. The number of aliphatic hydroxyl groups is 1. The molecule has 0 radical (unpaired) electrons. The maximum absolute atomic E-state index is 13.0. The number of benzene rings is 1. The van der Waals surface area contributed by atoms with Gasteiger partial charge in [0.15, 0.2) is 0 Å². The molecular weight excluding hydrogens is 277 g/mol. The van der Waals surface area contributed by atoms with Crippen molar-refractivity contribution in [2.24, 2.45) is 0 Å². The maximum Gasteiger partial charge on any atom is 0.123 e. The van der Waals surface area contributed by atoms with Crippen LogP contribution >= 0.6 is 12.0 Å². The van der Waals surface area contributed by atoms with E-state index in [1.807, 2.05) is 0 Å². The van der Waals surface area contributed by atoms with Gasteiger partial charge in [0.25, 0.3) is 0 Å². The first kappa shape index (κ1) is 15.8. The van der Waals surface area contributed by atoms with Crippen molar-refractivity contribution >= 4 is 12.0 Å². The van der Waals surface area contributed by atoms with Crippen molar-refractivity contribution in [3.05, 3.63) is 35.6 Å². The molecule has 0 spiro atoms. The second-order valence-corrected chi connectivity index (χ2v) is 6.10. The van der Waals surface area contributed by atoms with E-state index in [1.165, 1.54) is 12.1 Å². The zero-order valence-electron chi connectivity index (χ0n) is 11.5. The van der Waals surface area contributed by atoms with E-state index in [-0.39, 0.29) is 11.4 Å². The predicted octanol–water partition coefficient (Wildman–Crippen LogP) is 3.36. The Morgan fingerprint density at radius 2 is 1.90 bits per heavy atom. The Morgan fingerprint density at radius 3 is 2.50 bits per heavy atom. The Morgan fingerprint density at radius 1 is 1.25 bits per heavy atom. The summed E-state index contributed by atoms with van der Waals surface area (Å²) >= 11 is 0.845. The lowest BCUT2D eigenvalue weighted by Crippen LogP contribution is -2.48. The lowest BCUT2D eigenvalue weighted by atomic mass is 9.85. The van der Waals surface area contributed by atoms with E-state index in [2.05, 4.69) is 5.32 Å². The second kappa shape index (κ2) is 7.41. The van der Waals surface area contributed by atoms with E-state index in [9.17, 15) is 9.50 Å². The minimum atomic E-state index is -0.618. The summed E-state index contributed by atoms with van der Waals surface area (Å²) in [5, 5.41) is 14.2. The first-order chi connectivity index (χ1) is 9.68. The second-order valence-electron chi connectivity index (χ2n) is 5.43. The number of halogens is 1. The smallest absolute Gasteiger partial charge is 0.123 e. The van der Waals surface area contributed by atoms with Crippen LogP contribution in [-0.2, 0) is 0 Å². The molecule has 1 atom stereocenters. The Bertz CT molecular complexity index is 407. The molecule has 1 aromatic carbocycles. The van der Waals surface area contributed by atoms with E-state index in [1.54, 1.807) is 12.1 Å².